The van der Waals surface area contributed by atoms with Crippen molar-refractivity contribution in [3.8, 4) is 0 Å². The summed E-state index contributed by atoms with van der Waals surface area (Å²) in [6.07, 6.45) is 6.03. The number of aromatic nitrogens is 1. The zero-order chi connectivity index (χ0) is 10.1. The van der Waals surface area contributed by atoms with E-state index in [-0.39, 0.29) is 0 Å². The van der Waals surface area contributed by atoms with Crippen molar-refractivity contribution in [3.05, 3.63) is 48.3 Å². The molecule has 0 bridgehead atoms. The van der Waals surface area contributed by atoms with Crippen LogP contribution in [-0.2, 0) is 0 Å². The molecule has 0 atom stereocenters. The fourth-order valence-electron chi connectivity index (χ4n) is 2.08. The van der Waals surface area contributed by atoms with Crippen LogP contribution in [0.25, 0.3) is 16.3 Å². The normalized spacial score (nSPS) is 15.6. The molecule has 0 radical (unpaired) electrons. The molecule has 3 rings (SSSR count). The van der Waals surface area contributed by atoms with Crippen molar-refractivity contribution in [2.75, 3.05) is 13.1 Å². The van der Waals surface area contributed by atoms with Gasteiger partial charge in [0.05, 0.1) is 0 Å². The second-order valence-electron chi connectivity index (χ2n) is 3.76. The molecule has 2 aromatic rings. The van der Waals surface area contributed by atoms with Crippen LogP contribution < -0.4 is 5.32 Å². The lowest BCUT2D eigenvalue weighted by atomic mass is 10.0. The second kappa shape index (κ2) is 3.48. The molecule has 0 fully saturated rings. The molecule has 15 heavy (non-hydrogen) atoms. The monoisotopic (exact) mass is 196 g/mol. The third-order valence-corrected chi connectivity index (χ3v) is 2.83. The Hall–Kier alpha value is -1.67. The summed E-state index contributed by atoms with van der Waals surface area (Å²) in [5.41, 5.74) is 2.73. The molecule has 1 N–H and O–H groups in total. The van der Waals surface area contributed by atoms with Gasteiger partial charge in [0.15, 0.2) is 0 Å². The van der Waals surface area contributed by atoms with Gasteiger partial charge in [0.1, 0.15) is 0 Å². The van der Waals surface area contributed by atoms with Crippen LogP contribution in [0.2, 0.25) is 0 Å². The molecule has 1 aliphatic rings. The van der Waals surface area contributed by atoms with Crippen LogP contribution in [0.4, 0.5) is 0 Å². The first kappa shape index (κ1) is 8.62. The highest BCUT2D eigenvalue weighted by atomic mass is 14.9. The molecule has 0 saturated heterocycles. The van der Waals surface area contributed by atoms with Gasteiger partial charge < -0.3 is 5.32 Å². The number of pyridine rings is 1. The van der Waals surface area contributed by atoms with Gasteiger partial charge in [-0.2, -0.15) is 0 Å². The van der Waals surface area contributed by atoms with E-state index in [4.69, 9.17) is 0 Å². The quantitative estimate of drug-likeness (QED) is 0.756. The van der Waals surface area contributed by atoms with Crippen molar-refractivity contribution in [1.82, 2.24) is 10.3 Å². The summed E-state index contributed by atoms with van der Waals surface area (Å²) in [5, 5.41) is 5.83. The minimum Gasteiger partial charge on any atom is -0.309 e. The van der Waals surface area contributed by atoms with E-state index < -0.39 is 0 Å². The standard InChI is InChI=1S/C13H12N2/c1-2-10-8-15-7-5-13(10)12(3-1)11-4-6-14-9-11/h1-5,7-8,14H,6,9H2. The molecule has 1 aromatic heterocycles. The molecule has 0 saturated carbocycles. The largest absolute Gasteiger partial charge is 0.309 e. The fourth-order valence-corrected chi connectivity index (χ4v) is 2.08. The molecule has 0 aliphatic carbocycles. The molecule has 74 valence electrons. The first-order valence-electron chi connectivity index (χ1n) is 5.18. The Balaban J connectivity index is 2.26. The van der Waals surface area contributed by atoms with E-state index in [1.54, 1.807) is 0 Å². The van der Waals surface area contributed by atoms with E-state index in [1.165, 1.54) is 21.9 Å². The average molecular weight is 196 g/mol. The molecule has 0 amide bonds. The van der Waals surface area contributed by atoms with E-state index in [0.717, 1.165) is 13.1 Å². The van der Waals surface area contributed by atoms with Gasteiger partial charge in [-0.3, -0.25) is 4.98 Å². The fraction of sp³-hybridized carbons (Fsp3) is 0.154. The van der Waals surface area contributed by atoms with Crippen LogP contribution in [-0.4, -0.2) is 18.1 Å². The first-order valence-corrected chi connectivity index (χ1v) is 5.18. The third kappa shape index (κ3) is 1.43. The lowest BCUT2D eigenvalue weighted by Crippen LogP contribution is -2.07. The van der Waals surface area contributed by atoms with E-state index in [9.17, 15) is 0 Å². The number of hydrogen-bond acceptors (Lipinski definition) is 2. The average Bonchev–Trinajstić information content (AvgIpc) is 2.82. The van der Waals surface area contributed by atoms with Crippen molar-refractivity contribution in [3.63, 3.8) is 0 Å². The van der Waals surface area contributed by atoms with Gasteiger partial charge in [0, 0.05) is 30.9 Å². The summed E-state index contributed by atoms with van der Waals surface area (Å²) in [6, 6.07) is 8.47. The molecule has 2 heterocycles. The van der Waals surface area contributed by atoms with Crippen molar-refractivity contribution in [2.45, 2.75) is 0 Å². The summed E-state index contributed by atoms with van der Waals surface area (Å²) in [6.45, 7) is 1.96. The Morgan fingerprint density at radius 3 is 3.07 bits per heavy atom. The van der Waals surface area contributed by atoms with Gasteiger partial charge >= 0.3 is 0 Å². The van der Waals surface area contributed by atoms with Crippen molar-refractivity contribution in [1.29, 1.82) is 0 Å². The molecule has 2 nitrogen and oxygen atoms in total. The SMILES string of the molecule is C1=C(c2cccc3cnccc23)CNC1. The minimum atomic E-state index is 0.974. The number of benzene rings is 1. The molecule has 2 heteroatoms. The Bertz CT molecular complexity index is 524. The minimum absolute atomic E-state index is 0.974. The Kier molecular flexibility index (Phi) is 2.00. The van der Waals surface area contributed by atoms with E-state index in [0.29, 0.717) is 0 Å². The summed E-state index contributed by atoms with van der Waals surface area (Å²) < 4.78 is 0. The van der Waals surface area contributed by atoms with Crippen LogP contribution >= 0.6 is 0 Å². The van der Waals surface area contributed by atoms with Crippen LogP contribution in [0.15, 0.2) is 42.7 Å². The number of hydrogen-bond donors (Lipinski definition) is 1. The molecule has 0 unspecified atom stereocenters. The summed E-state index contributed by atoms with van der Waals surface area (Å²) in [5.74, 6) is 0. The highest BCUT2D eigenvalue weighted by molar-refractivity contribution is 5.94. The molecule has 1 aliphatic heterocycles. The number of nitrogens with one attached hydrogen (secondary N) is 1. The number of rotatable bonds is 1. The smallest absolute Gasteiger partial charge is 0.0346 e. The lowest BCUT2D eigenvalue weighted by molar-refractivity contribution is 0.897. The highest BCUT2D eigenvalue weighted by Gasteiger charge is 2.08. The second-order valence-corrected chi connectivity index (χ2v) is 3.76. The maximum absolute atomic E-state index is 4.15. The highest BCUT2D eigenvalue weighted by Crippen LogP contribution is 2.25. The Labute approximate surface area is 88.6 Å². The zero-order valence-corrected chi connectivity index (χ0v) is 8.40. The number of nitrogens with zero attached hydrogens (tertiary/aromatic N) is 1. The molecular formula is C13H12N2. The van der Waals surface area contributed by atoms with Gasteiger partial charge in [-0.15, -0.1) is 0 Å². The van der Waals surface area contributed by atoms with Gasteiger partial charge in [0.2, 0.25) is 0 Å². The summed E-state index contributed by atoms with van der Waals surface area (Å²) in [4.78, 5) is 4.15. The van der Waals surface area contributed by atoms with E-state index in [2.05, 4.69) is 40.6 Å². The van der Waals surface area contributed by atoms with Crippen molar-refractivity contribution < 1.29 is 0 Å². The predicted octanol–water partition coefficient (Wildman–Crippen LogP) is 2.22. The molecule has 0 spiro atoms. The van der Waals surface area contributed by atoms with E-state index >= 15 is 0 Å². The Morgan fingerprint density at radius 1 is 1.20 bits per heavy atom. The number of fused-ring (bicyclic) bond motifs is 1. The lowest BCUT2D eigenvalue weighted by Gasteiger charge is -2.06. The summed E-state index contributed by atoms with van der Waals surface area (Å²) in [7, 11) is 0. The van der Waals surface area contributed by atoms with Crippen molar-refractivity contribution in [2.24, 2.45) is 0 Å². The van der Waals surface area contributed by atoms with Crippen LogP contribution in [0.3, 0.4) is 0 Å². The van der Waals surface area contributed by atoms with Crippen molar-refractivity contribution >= 4 is 16.3 Å². The van der Waals surface area contributed by atoms with Crippen LogP contribution in [0.5, 0.6) is 0 Å². The predicted molar refractivity (Wildman–Crippen MR) is 62.6 cm³/mol. The van der Waals surface area contributed by atoms with Crippen LogP contribution in [0.1, 0.15) is 5.56 Å². The third-order valence-electron chi connectivity index (χ3n) is 2.83. The maximum Gasteiger partial charge on any atom is 0.0346 e. The van der Waals surface area contributed by atoms with E-state index in [1.807, 2.05) is 12.4 Å². The van der Waals surface area contributed by atoms with Gasteiger partial charge in [-0.1, -0.05) is 24.3 Å². The van der Waals surface area contributed by atoms with Gasteiger partial charge in [-0.25, -0.2) is 0 Å². The molecule has 1 aromatic carbocycles. The topological polar surface area (TPSA) is 24.9 Å². The van der Waals surface area contributed by atoms with Crippen LogP contribution in [0, 0.1) is 0 Å². The summed E-state index contributed by atoms with van der Waals surface area (Å²) >= 11 is 0. The zero-order valence-electron chi connectivity index (χ0n) is 8.40. The van der Waals surface area contributed by atoms with Gasteiger partial charge in [0.25, 0.3) is 0 Å². The first-order chi connectivity index (χ1) is 7.45. The van der Waals surface area contributed by atoms with Gasteiger partial charge in [-0.05, 0) is 22.6 Å². The maximum atomic E-state index is 4.15. The Morgan fingerprint density at radius 2 is 2.20 bits per heavy atom. The molecular weight excluding hydrogens is 184 g/mol.